The smallest absolute Gasteiger partial charge is 0.295 e. The zero-order valence-electron chi connectivity index (χ0n) is 12.6. The van der Waals surface area contributed by atoms with Crippen molar-refractivity contribution < 1.29 is 9.53 Å². The fraction of sp³-hybridized carbons (Fsp3) is 0.429. The second-order valence-electron chi connectivity index (χ2n) is 5.53. The van der Waals surface area contributed by atoms with Crippen LogP contribution in [0.25, 0.3) is 0 Å². The van der Waals surface area contributed by atoms with E-state index in [1.165, 1.54) is 6.20 Å². The third kappa shape index (κ3) is 3.77. The molecule has 0 saturated heterocycles. The Bertz CT molecular complexity index is 613. The number of H-pyrrole nitrogens is 1. The van der Waals surface area contributed by atoms with Gasteiger partial charge in [0.25, 0.3) is 5.91 Å². The van der Waals surface area contributed by atoms with Gasteiger partial charge in [-0.25, -0.2) is 9.97 Å². The van der Waals surface area contributed by atoms with Crippen LogP contribution in [0.15, 0.2) is 18.3 Å². The quantitative estimate of drug-likeness (QED) is 0.899. The molecule has 1 amide bonds. The third-order valence-electron chi connectivity index (χ3n) is 2.69. The molecule has 2 aromatic heterocycles. The number of rotatable bonds is 4. The van der Waals surface area contributed by atoms with Crippen LogP contribution in [0.5, 0.6) is 5.88 Å². The summed E-state index contributed by atoms with van der Waals surface area (Å²) in [5.41, 5.74) is 0.372. The number of hydrogen-bond donors (Lipinski definition) is 2. The molecule has 0 saturated carbocycles. The highest BCUT2D eigenvalue weighted by atomic mass is 16.5. The molecule has 0 unspecified atom stereocenters. The molecule has 2 heterocycles. The summed E-state index contributed by atoms with van der Waals surface area (Å²) in [6.07, 6.45) is 1.53. The normalized spacial score (nSPS) is 11.2. The maximum atomic E-state index is 12.0. The lowest BCUT2D eigenvalue weighted by molar-refractivity contribution is 0.101. The van der Waals surface area contributed by atoms with Gasteiger partial charge in [-0.1, -0.05) is 20.8 Å². The van der Waals surface area contributed by atoms with Crippen molar-refractivity contribution in [2.45, 2.75) is 33.1 Å². The van der Waals surface area contributed by atoms with Crippen LogP contribution < -0.4 is 10.1 Å². The molecular formula is C14H19N5O2. The Labute approximate surface area is 123 Å². The van der Waals surface area contributed by atoms with E-state index in [0.717, 1.165) is 0 Å². The van der Waals surface area contributed by atoms with Gasteiger partial charge in [0.2, 0.25) is 11.7 Å². The van der Waals surface area contributed by atoms with E-state index < -0.39 is 0 Å². The van der Waals surface area contributed by atoms with E-state index in [2.05, 4.69) is 25.5 Å². The van der Waals surface area contributed by atoms with Gasteiger partial charge in [-0.05, 0) is 13.0 Å². The number of pyridine rings is 1. The molecule has 7 nitrogen and oxygen atoms in total. The van der Waals surface area contributed by atoms with Crippen LogP contribution in [-0.2, 0) is 5.41 Å². The van der Waals surface area contributed by atoms with E-state index in [0.29, 0.717) is 24.0 Å². The Balaban J connectivity index is 2.05. The summed E-state index contributed by atoms with van der Waals surface area (Å²) in [6.45, 7) is 8.40. The van der Waals surface area contributed by atoms with E-state index in [1.807, 2.05) is 27.7 Å². The molecule has 0 aliphatic carbocycles. The maximum Gasteiger partial charge on any atom is 0.295 e. The summed E-state index contributed by atoms with van der Waals surface area (Å²) in [5, 5.41) is 9.40. The number of ether oxygens (including phenoxy) is 1. The molecule has 21 heavy (non-hydrogen) atoms. The highest BCUT2D eigenvalue weighted by molar-refractivity contribution is 6.01. The van der Waals surface area contributed by atoms with Gasteiger partial charge in [-0.15, -0.1) is 5.10 Å². The number of nitrogens with one attached hydrogen (secondary N) is 2. The van der Waals surface area contributed by atoms with Crippen LogP contribution in [0.1, 0.15) is 44.1 Å². The van der Waals surface area contributed by atoms with Crippen LogP contribution in [0.3, 0.4) is 0 Å². The van der Waals surface area contributed by atoms with E-state index in [4.69, 9.17) is 4.74 Å². The number of hydrogen-bond acceptors (Lipinski definition) is 5. The van der Waals surface area contributed by atoms with Gasteiger partial charge in [0, 0.05) is 11.5 Å². The highest BCUT2D eigenvalue weighted by Gasteiger charge is 2.21. The van der Waals surface area contributed by atoms with Crippen LogP contribution in [-0.4, -0.2) is 32.7 Å². The lowest BCUT2D eigenvalue weighted by atomic mass is 9.96. The number of aromatic nitrogens is 4. The van der Waals surface area contributed by atoms with Crippen molar-refractivity contribution in [2.24, 2.45) is 0 Å². The molecule has 0 aromatic carbocycles. The number of anilines is 1. The Morgan fingerprint density at radius 1 is 1.38 bits per heavy atom. The molecule has 0 atom stereocenters. The molecule has 112 valence electrons. The Hall–Kier alpha value is -2.44. The first-order valence-electron chi connectivity index (χ1n) is 6.73. The molecular weight excluding hydrogens is 270 g/mol. The third-order valence-corrected chi connectivity index (χ3v) is 2.69. The van der Waals surface area contributed by atoms with Gasteiger partial charge >= 0.3 is 0 Å². The van der Waals surface area contributed by atoms with Crippen LogP contribution >= 0.6 is 0 Å². The summed E-state index contributed by atoms with van der Waals surface area (Å²) in [7, 11) is 0. The number of carbonyl (C=O) groups is 1. The van der Waals surface area contributed by atoms with Crippen molar-refractivity contribution in [3.05, 3.63) is 30.0 Å². The number of carbonyl (C=O) groups excluding carboxylic acids is 1. The predicted octanol–water partition coefficient (Wildman–Crippen LogP) is 2.15. The monoisotopic (exact) mass is 289 g/mol. The minimum absolute atomic E-state index is 0.105. The molecule has 0 bridgehead atoms. The second kappa shape index (κ2) is 5.90. The SMILES string of the molecule is CCOc1ccc(NC(=O)c2n[nH]c(C(C)(C)C)n2)cn1. The molecule has 2 aromatic rings. The number of nitrogens with zero attached hydrogens (tertiary/aromatic N) is 3. The van der Waals surface area contributed by atoms with Crippen molar-refractivity contribution in [1.29, 1.82) is 0 Å². The first kappa shape index (κ1) is 15.0. The van der Waals surface area contributed by atoms with Crippen molar-refractivity contribution in [1.82, 2.24) is 20.2 Å². The molecule has 0 spiro atoms. The van der Waals surface area contributed by atoms with E-state index in [9.17, 15) is 4.79 Å². The molecule has 0 aliphatic rings. The van der Waals surface area contributed by atoms with Gasteiger partial charge in [0.05, 0.1) is 18.5 Å². The largest absolute Gasteiger partial charge is 0.478 e. The standard InChI is InChI=1S/C14H19N5O2/c1-5-21-10-7-6-9(8-15-10)16-12(20)11-17-13(19-18-11)14(2,3)4/h6-8H,5H2,1-4H3,(H,16,20)(H,17,18,19). The Morgan fingerprint density at radius 3 is 2.67 bits per heavy atom. The zero-order valence-corrected chi connectivity index (χ0v) is 12.6. The summed E-state index contributed by atoms with van der Waals surface area (Å²) < 4.78 is 5.24. The lowest BCUT2D eigenvalue weighted by Crippen LogP contribution is -2.16. The molecule has 2 rings (SSSR count). The maximum absolute atomic E-state index is 12.0. The van der Waals surface area contributed by atoms with E-state index in [1.54, 1.807) is 12.1 Å². The van der Waals surface area contributed by atoms with Crippen molar-refractivity contribution in [2.75, 3.05) is 11.9 Å². The van der Waals surface area contributed by atoms with Gasteiger partial charge in [-0.2, -0.15) is 0 Å². The Kier molecular flexibility index (Phi) is 4.21. The number of amides is 1. The predicted molar refractivity (Wildman–Crippen MR) is 78.4 cm³/mol. The van der Waals surface area contributed by atoms with E-state index >= 15 is 0 Å². The van der Waals surface area contributed by atoms with Crippen LogP contribution in [0.4, 0.5) is 5.69 Å². The fourth-order valence-electron chi connectivity index (χ4n) is 1.57. The minimum Gasteiger partial charge on any atom is -0.478 e. The molecule has 0 fully saturated rings. The average molecular weight is 289 g/mol. The van der Waals surface area contributed by atoms with E-state index in [-0.39, 0.29) is 17.1 Å². The van der Waals surface area contributed by atoms with Gasteiger partial charge in [0.1, 0.15) is 5.82 Å². The van der Waals surface area contributed by atoms with Crippen molar-refractivity contribution >= 4 is 11.6 Å². The van der Waals surface area contributed by atoms with Gasteiger partial charge in [-0.3, -0.25) is 9.89 Å². The topological polar surface area (TPSA) is 92.8 Å². The minimum atomic E-state index is -0.382. The average Bonchev–Trinajstić information content (AvgIpc) is 2.91. The molecule has 0 radical (unpaired) electrons. The van der Waals surface area contributed by atoms with Gasteiger partial charge in [0.15, 0.2) is 0 Å². The first-order valence-corrected chi connectivity index (χ1v) is 6.73. The van der Waals surface area contributed by atoms with Crippen molar-refractivity contribution in [3.63, 3.8) is 0 Å². The van der Waals surface area contributed by atoms with Crippen molar-refractivity contribution in [3.8, 4) is 5.88 Å². The first-order chi connectivity index (χ1) is 9.90. The van der Waals surface area contributed by atoms with Crippen LogP contribution in [0.2, 0.25) is 0 Å². The molecule has 0 aliphatic heterocycles. The second-order valence-corrected chi connectivity index (χ2v) is 5.53. The number of aromatic amines is 1. The summed E-state index contributed by atoms with van der Waals surface area (Å²) in [5.74, 6) is 0.905. The Morgan fingerprint density at radius 2 is 2.14 bits per heavy atom. The highest BCUT2D eigenvalue weighted by Crippen LogP contribution is 2.18. The summed E-state index contributed by atoms with van der Waals surface area (Å²) in [4.78, 5) is 20.3. The summed E-state index contributed by atoms with van der Waals surface area (Å²) >= 11 is 0. The molecule has 2 N–H and O–H groups in total. The lowest BCUT2D eigenvalue weighted by Gasteiger charge is -2.12. The zero-order chi connectivity index (χ0) is 15.5. The summed E-state index contributed by atoms with van der Waals surface area (Å²) in [6, 6.07) is 3.41. The van der Waals surface area contributed by atoms with Gasteiger partial charge < -0.3 is 10.1 Å². The van der Waals surface area contributed by atoms with Crippen LogP contribution in [0, 0.1) is 0 Å². The molecule has 7 heteroatoms. The fourth-order valence-corrected chi connectivity index (χ4v) is 1.57.